The van der Waals surface area contributed by atoms with E-state index in [1.807, 2.05) is 0 Å². The van der Waals surface area contributed by atoms with Crippen molar-refractivity contribution < 1.29 is 4.43 Å². The summed E-state index contributed by atoms with van der Waals surface area (Å²) in [5.74, 6) is 0. The van der Waals surface area contributed by atoms with E-state index in [0.29, 0.717) is 0 Å². The lowest BCUT2D eigenvalue weighted by Crippen LogP contribution is -1.96. The highest BCUT2D eigenvalue weighted by Gasteiger charge is 1.94. The SMILES string of the molecule is CCCCCCCCCCCCCCC[SiH2]OCC. The fourth-order valence-corrected chi connectivity index (χ4v) is 3.59. The molecule has 0 atom stereocenters. The third-order valence-electron chi connectivity index (χ3n) is 3.85. The second kappa shape index (κ2) is 18.2. The topological polar surface area (TPSA) is 9.23 Å². The predicted molar refractivity (Wildman–Crippen MR) is 90.7 cm³/mol. The van der Waals surface area contributed by atoms with Gasteiger partial charge in [-0.25, -0.2) is 0 Å². The summed E-state index contributed by atoms with van der Waals surface area (Å²) in [7, 11) is -0.149. The van der Waals surface area contributed by atoms with Crippen molar-refractivity contribution in [3.05, 3.63) is 0 Å². The fraction of sp³-hybridized carbons (Fsp3) is 1.00. The Balaban J connectivity index is 2.88. The molecular weight excluding hydrogens is 248 g/mol. The fourth-order valence-electron chi connectivity index (χ4n) is 2.54. The number of rotatable bonds is 16. The average Bonchev–Trinajstić information content (AvgIpc) is 2.43. The van der Waals surface area contributed by atoms with E-state index in [9.17, 15) is 0 Å². The van der Waals surface area contributed by atoms with E-state index >= 15 is 0 Å². The Morgan fingerprint density at radius 2 is 1.00 bits per heavy atom. The smallest absolute Gasteiger partial charge is 0.161 e. The largest absolute Gasteiger partial charge is 0.424 e. The van der Waals surface area contributed by atoms with Gasteiger partial charge >= 0.3 is 0 Å². The van der Waals surface area contributed by atoms with Gasteiger partial charge in [0.1, 0.15) is 0 Å². The van der Waals surface area contributed by atoms with Gasteiger partial charge in [0.2, 0.25) is 0 Å². The van der Waals surface area contributed by atoms with E-state index in [1.165, 1.54) is 89.5 Å². The summed E-state index contributed by atoms with van der Waals surface area (Å²) in [5, 5.41) is 0. The molecule has 0 amide bonds. The minimum Gasteiger partial charge on any atom is -0.424 e. The van der Waals surface area contributed by atoms with Crippen LogP contribution in [0, 0.1) is 0 Å². The summed E-state index contributed by atoms with van der Waals surface area (Å²) in [6, 6.07) is 1.39. The van der Waals surface area contributed by atoms with Gasteiger partial charge < -0.3 is 4.43 Å². The summed E-state index contributed by atoms with van der Waals surface area (Å²) in [5.41, 5.74) is 0. The van der Waals surface area contributed by atoms with Crippen molar-refractivity contribution in [2.45, 2.75) is 103 Å². The van der Waals surface area contributed by atoms with E-state index in [2.05, 4.69) is 13.8 Å². The van der Waals surface area contributed by atoms with Gasteiger partial charge in [-0.15, -0.1) is 0 Å². The zero-order chi connectivity index (χ0) is 14.0. The standard InChI is InChI=1S/C17H38OSi/c1-3-5-6-7-8-9-10-11-12-13-14-15-16-17-19-18-4-2/h3-17,19H2,1-2H3. The Bertz CT molecular complexity index is 134. The van der Waals surface area contributed by atoms with Crippen molar-refractivity contribution in [2.75, 3.05) is 6.61 Å². The molecule has 0 aromatic carbocycles. The van der Waals surface area contributed by atoms with Crippen LogP contribution in [0.5, 0.6) is 0 Å². The first kappa shape index (κ1) is 19.2. The molecule has 19 heavy (non-hydrogen) atoms. The van der Waals surface area contributed by atoms with Gasteiger partial charge in [-0.3, -0.25) is 0 Å². The molecular formula is C17H38OSi. The predicted octanol–water partition coefficient (Wildman–Crippen LogP) is 5.62. The molecule has 0 aromatic rings. The Labute approximate surface area is 124 Å². The molecule has 2 heteroatoms. The van der Waals surface area contributed by atoms with Crippen LogP contribution in [-0.4, -0.2) is 16.4 Å². The molecule has 0 fully saturated rings. The van der Waals surface area contributed by atoms with Crippen LogP contribution >= 0.6 is 0 Å². The summed E-state index contributed by atoms with van der Waals surface area (Å²) >= 11 is 0. The minimum absolute atomic E-state index is 0.149. The summed E-state index contributed by atoms with van der Waals surface area (Å²) in [4.78, 5) is 0. The van der Waals surface area contributed by atoms with E-state index in [-0.39, 0.29) is 9.76 Å². The molecule has 0 bridgehead atoms. The van der Waals surface area contributed by atoms with Crippen LogP contribution in [0.25, 0.3) is 0 Å². The van der Waals surface area contributed by atoms with Gasteiger partial charge in [0.15, 0.2) is 9.76 Å². The maximum atomic E-state index is 5.48. The molecule has 0 N–H and O–H groups in total. The van der Waals surface area contributed by atoms with Gasteiger partial charge in [-0.2, -0.15) is 0 Å². The summed E-state index contributed by atoms with van der Waals surface area (Å²) in [6.45, 7) is 5.33. The third kappa shape index (κ3) is 18.2. The third-order valence-corrected chi connectivity index (χ3v) is 5.33. The summed E-state index contributed by atoms with van der Waals surface area (Å²) in [6.07, 6.45) is 18.9. The molecule has 0 aromatic heterocycles. The molecule has 1 nitrogen and oxygen atoms in total. The molecule has 0 unspecified atom stereocenters. The molecule has 0 aliphatic carbocycles. The van der Waals surface area contributed by atoms with Gasteiger partial charge in [-0.05, 0) is 13.0 Å². The number of hydrogen-bond acceptors (Lipinski definition) is 1. The van der Waals surface area contributed by atoms with Crippen molar-refractivity contribution >= 4 is 9.76 Å². The van der Waals surface area contributed by atoms with Crippen molar-refractivity contribution in [1.82, 2.24) is 0 Å². The van der Waals surface area contributed by atoms with Crippen molar-refractivity contribution in [3.8, 4) is 0 Å². The van der Waals surface area contributed by atoms with Gasteiger partial charge in [-0.1, -0.05) is 90.4 Å². The van der Waals surface area contributed by atoms with Gasteiger partial charge in [0.25, 0.3) is 0 Å². The zero-order valence-corrected chi connectivity index (χ0v) is 15.1. The number of unbranched alkanes of at least 4 members (excludes halogenated alkanes) is 12. The Morgan fingerprint density at radius 1 is 0.579 bits per heavy atom. The number of hydrogen-bond donors (Lipinski definition) is 0. The lowest BCUT2D eigenvalue weighted by Gasteiger charge is -2.03. The van der Waals surface area contributed by atoms with Crippen LogP contribution in [-0.2, 0) is 4.43 Å². The first-order valence-electron chi connectivity index (χ1n) is 8.99. The highest BCUT2D eigenvalue weighted by molar-refractivity contribution is 6.26. The van der Waals surface area contributed by atoms with Gasteiger partial charge in [0.05, 0.1) is 0 Å². The van der Waals surface area contributed by atoms with Crippen LogP contribution in [0.15, 0.2) is 0 Å². The minimum atomic E-state index is -0.149. The highest BCUT2D eigenvalue weighted by Crippen LogP contribution is 2.12. The Morgan fingerprint density at radius 3 is 1.42 bits per heavy atom. The van der Waals surface area contributed by atoms with E-state index in [0.717, 1.165) is 6.61 Å². The molecule has 116 valence electrons. The maximum Gasteiger partial charge on any atom is 0.161 e. The average molecular weight is 287 g/mol. The van der Waals surface area contributed by atoms with E-state index < -0.39 is 0 Å². The molecule has 0 heterocycles. The second-order valence-electron chi connectivity index (χ2n) is 5.79. The van der Waals surface area contributed by atoms with Crippen molar-refractivity contribution in [1.29, 1.82) is 0 Å². The van der Waals surface area contributed by atoms with Crippen LogP contribution in [0.2, 0.25) is 6.04 Å². The molecule has 0 saturated carbocycles. The Hall–Kier alpha value is 0.177. The Kier molecular flexibility index (Phi) is 18.3. The van der Waals surface area contributed by atoms with Crippen molar-refractivity contribution in [3.63, 3.8) is 0 Å². The van der Waals surface area contributed by atoms with Crippen LogP contribution in [0.3, 0.4) is 0 Å². The van der Waals surface area contributed by atoms with Crippen LogP contribution in [0.1, 0.15) is 97.3 Å². The monoisotopic (exact) mass is 286 g/mol. The lowest BCUT2D eigenvalue weighted by molar-refractivity contribution is 0.358. The molecule has 0 spiro atoms. The molecule has 0 radical (unpaired) electrons. The maximum absolute atomic E-state index is 5.48. The zero-order valence-electron chi connectivity index (χ0n) is 13.7. The lowest BCUT2D eigenvalue weighted by atomic mass is 10.1. The van der Waals surface area contributed by atoms with Crippen molar-refractivity contribution in [2.24, 2.45) is 0 Å². The quantitative estimate of drug-likeness (QED) is 0.264. The van der Waals surface area contributed by atoms with Gasteiger partial charge in [0, 0.05) is 6.61 Å². The molecule has 0 aliphatic heterocycles. The first-order chi connectivity index (χ1) is 9.41. The first-order valence-corrected chi connectivity index (χ1v) is 10.6. The normalized spacial score (nSPS) is 11.7. The second-order valence-corrected chi connectivity index (χ2v) is 7.32. The molecule has 0 rings (SSSR count). The highest BCUT2D eigenvalue weighted by atomic mass is 28.2. The summed E-state index contributed by atoms with van der Waals surface area (Å²) < 4.78 is 5.48. The molecule has 0 saturated heterocycles. The van der Waals surface area contributed by atoms with Crippen LogP contribution in [0.4, 0.5) is 0 Å². The molecule has 0 aliphatic rings. The van der Waals surface area contributed by atoms with E-state index in [1.54, 1.807) is 0 Å². The van der Waals surface area contributed by atoms with E-state index in [4.69, 9.17) is 4.43 Å². The van der Waals surface area contributed by atoms with Crippen LogP contribution < -0.4 is 0 Å².